The number of hydrogen-bond donors (Lipinski definition) is 1. The molecule has 1 atom stereocenters. The van der Waals surface area contributed by atoms with Crippen LogP contribution in [0.4, 0.5) is 23.7 Å². The summed E-state index contributed by atoms with van der Waals surface area (Å²) >= 11 is 0. The number of halogens is 3. The number of anilines is 1. The molecule has 1 aliphatic heterocycles. The largest absolute Gasteiger partial charge is 0.484 e. The van der Waals surface area contributed by atoms with E-state index in [0.29, 0.717) is 30.9 Å². The first-order valence-corrected chi connectivity index (χ1v) is 7.23. The van der Waals surface area contributed by atoms with Crippen LogP contribution in [0.1, 0.15) is 12.5 Å². The summed E-state index contributed by atoms with van der Waals surface area (Å²) in [5.74, 6) is 0.0930. The molecule has 1 aliphatic rings. The molecule has 1 fully saturated rings. The monoisotopic (exact) mass is 332 g/mol. The maximum absolute atomic E-state index is 12.2. The van der Waals surface area contributed by atoms with Crippen LogP contribution in [0.3, 0.4) is 0 Å². The van der Waals surface area contributed by atoms with Crippen LogP contribution in [0.15, 0.2) is 18.2 Å². The predicted octanol–water partition coefficient (Wildman–Crippen LogP) is 3.19. The van der Waals surface area contributed by atoms with Gasteiger partial charge in [0, 0.05) is 24.3 Å². The lowest BCUT2D eigenvalue weighted by Crippen LogP contribution is -2.46. The average molecular weight is 332 g/mol. The van der Waals surface area contributed by atoms with E-state index in [1.54, 1.807) is 17.9 Å². The number of carbonyl (C=O) groups excluding carboxylic acids is 1. The van der Waals surface area contributed by atoms with E-state index in [1.807, 2.05) is 6.92 Å². The lowest BCUT2D eigenvalue weighted by molar-refractivity contribution is -0.153. The van der Waals surface area contributed by atoms with Crippen LogP contribution in [-0.2, 0) is 4.74 Å². The van der Waals surface area contributed by atoms with E-state index in [0.717, 1.165) is 0 Å². The quantitative estimate of drug-likeness (QED) is 0.925. The summed E-state index contributed by atoms with van der Waals surface area (Å²) in [5.41, 5.74) is 0.875. The molecule has 0 saturated carbocycles. The average Bonchev–Trinajstić information content (AvgIpc) is 2.47. The summed E-state index contributed by atoms with van der Waals surface area (Å²) in [6.45, 7) is 3.50. The van der Waals surface area contributed by atoms with Crippen molar-refractivity contribution in [3.63, 3.8) is 0 Å². The fraction of sp³-hybridized carbons (Fsp3) is 0.533. The molecule has 0 unspecified atom stereocenters. The van der Waals surface area contributed by atoms with Crippen LogP contribution in [-0.4, -0.2) is 49.5 Å². The molecule has 128 valence electrons. The molecule has 0 aliphatic carbocycles. The summed E-state index contributed by atoms with van der Waals surface area (Å²) in [7, 11) is 0. The van der Waals surface area contributed by atoms with Gasteiger partial charge in [0.25, 0.3) is 0 Å². The molecule has 2 rings (SSSR count). The predicted molar refractivity (Wildman–Crippen MR) is 78.7 cm³/mol. The van der Waals surface area contributed by atoms with Gasteiger partial charge in [0.2, 0.25) is 0 Å². The smallest absolute Gasteiger partial charge is 0.422 e. The van der Waals surface area contributed by atoms with Gasteiger partial charge in [-0.15, -0.1) is 0 Å². The topological polar surface area (TPSA) is 50.8 Å². The van der Waals surface area contributed by atoms with Crippen LogP contribution in [0.2, 0.25) is 0 Å². The molecule has 2 amide bonds. The molecule has 5 nitrogen and oxygen atoms in total. The van der Waals surface area contributed by atoms with E-state index in [9.17, 15) is 18.0 Å². The molecule has 0 spiro atoms. The molecular weight excluding hydrogens is 313 g/mol. The highest BCUT2D eigenvalue weighted by molar-refractivity contribution is 5.90. The summed E-state index contributed by atoms with van der Waals surface area (Å²) in [4.78, 5) is 13.8. The number of carbonyl (C=O) groups is 1. The van der Waals surface area contributed by atoms with Crippen molar-refractivity contribution in [2.24, 2.45) is 0 Å². The molecule has 0 radical (unpaired) electrons. The zero-order valence-corrected chi connectivity index (χ0v) is 12.9. The van der Waals surface area contributed by atoms with Crippen LogP contribution in [0.25, 0.3) is 0 Å². The molecular formula is C15H19F3N2O3. The van der Waals surface area contributed by atoms with Crippen molar-refractivity contribution in [2.75, 3.05) is 31.6 Å². The highest BCUT2D eigenvalue weighted by atomic mass is 19.4. The van der Waals surface area contributed by atoms with E-state index in [1.165, 1.54) is 12.1 Å². The van der Waals surface area contributed by atoms with Gasteiger partial charge in [0.05, 0.1) is 12.7 Å². The van der Waals surface area contributed by atoms with Crippen molar-refractivity contribution < 1.29 is 27.4 Å². The highest BCUT2D eigenvalue weighted by Crippen LogP contribution is 2.27. The minimum atomic E-state index is -4.41. The zero-order chi connectivity index (χ0) is 17.0. The highest BCUT2D eigenvalue weighted by Gasteiger charge is 2.29. The van der Waals surface area contributed by atoms with Gasteiger partial charge in [-0.3, -0.25) is 0 Å². The molecule has 1 aromatic rings. The van der Waals surface area contributed by atoms with Crippen LogP contribution >= 0.6 is 0 Å². The number of hydrogen-bond acceptors (Lipinski definition) is 3. The van der Waals surface area contributed by atoms with Crippen LogP contribution in [0, 0.1) is 6.92 Å². The molecule has 1 saturated heterocycles. The number of ether oxygens (including phenoxy) is 2. The van der Waals surface area contributed by atoms with Gasteiger partial charge in [-0.05, 0) is 26.0 Å². The van der Waals surface area contributed by atoms with E-state index in [2.05, 4.69) is 5.32 Å². The van der Waals surface area contributed by atoms with E-state index >= 15 is 0 Å². The third-order valence-corrected chi connectivity index (χ3v) is 3.45. The fourth-order valence-electron chi connectivity index (χ4n) is 2.26. The second-order valence-electron chi connectivity index (χ2n) is 5.39. The second-order valence-corrected chi connectivity index (χ2v) is 5.39. The Morgan fingerprint density at radius 2 is 2.22 bits per heavy atom. The van der Waals surface area contributed by atoms with Gasteiger partial charge in [0.1, 0.15) is 5.75 Å². The van der Waals surface area contributed by atoms with Gasteiger partial charge in [-0.2, -0.15) is 13.2 Å². The third kappa shape index (κ3) is 5.02. The van der Waals surface area contributed by atoms with Crippen molar-refractivity contribution >= 4 is 11.7 Å². The van der Waals surface area contributed by atoms with Crippen molar-refractivity contribution in [2.45, 2.75) is 26.1 Å². The zero-order valence-electron chi connectivity index (χ0n) is 12.9. The maximum Gasteiger partial charge on any atom is 0.422 e. The van der Waals surface area contributed by atoms with Crippen molar-refractivity contribution in [1.82, 2.24) is 4.90 Å². The van der Waals surface area contributed by atoms with Crippen molar-refractivity contribution in [3.05, 3.63) is 23.8 Å². The van der Waals surface area contributed by atoms with Gasteiger partial charge >= 0.3 is 12.2 Å². The minimum Gasteiger partial charge on any atom is -0.484 e. The van der Waals surface area contributed by atoms with E-state index in [4.69, 9.17) is 9.47 Å². The standard InChI is InChI=1S/C15H19F3N2O3/c1-10-8-20(6-7-22-10)14(21)19-12-4-3-5-13(11(12)2)23-9-15(16,17)18/h3-5,10H,6-9H2,1-2H3,(H,19,21)/t10-/m0/s1. The Morgan fingerprint density at radius 1 is 1.48 bits per heavy atom. The number of alkyl halides is 3. The number of amides is 2. The molecule has 0 aromatic heterocycles. The summed E-state index contributed by atoms with van der Waals surface area (Å²) < 4.78 is 46.9. The lowest BCUT2D eigenvalue weighted by Gasteiger charge is -2.31. The van der Waals surface area contributed by atoms with Crippen LogP contribution < -0.4 is 10.1 Å². The molecule has 8 heteroatoms. The van der Waals surface area contributed by atoms with Gasteiger partial charge < -0.3 is 19.7 Å². The number of urea groups is 1. The Bertz CT molecular complexity index is 563. The van der Waals surface area contributed by atoms with E-state index in [-0.39, 0.29) is 17.9 Å². The fourth-order valence-corrected chi connectivity index (χ4v) is 2.26. The normalized spacial score (nSPS) is 18.7. The number of morpholine rings is 1. The molecule has 0 bridgehead atoms. The van der Waals surface area contributed by atoms with Gasteiger partial charge in [-0.25, -0.2) is 4.79 Å². The maximum atomic E-state index is 12.2. The molecule has 1 N–H and O–H groups in total. The summed E-state index contributed by atoms with van der Waals surface area (Å²) in [5, 5.41) is 2.71. The SMILES string of the molecule is Cc1c(NC(=O)N2CCO[C@@H](C)C2)cccc1OCC(F)(F)F. The van der Waals surface area contributed by atoms with E-state index < -0.39 is 12.8 Å². The first kappa shape index (κ1) is 17.4. The third-order valence-electron chi connectivity index (χ3n) is 3.45. The summed E-state index contributed by atoms with van der Waals surface area (Å²) in [6.07, 6.45) is -4.45. The number of benzene rings is 1. The Labute approximate surface area is 132 Å². The summed E-state index contributed by atoms with van der Waals surface area (Å²) in [6, 6.07) is 4.29. The second kappa shape index (κ2) is 7.08. The van der Waals surface area contributed by atoms with Crippen LogP contribution in [0.5, 0.6) is 5.75 Å². The molecule has 23 heavy (non-hydrogen) atoms. The van der Waals surface area contributed by atoms with Crippen molar-refractivity contribution in [3.8, 4) is 5.75 Å². The Kier molecular flexibility index (Phi) is 5.35. The Morgan fingerprint density at radius 3 is 2.87 bits per heavy atom. The Balaban J connectivity index is 2.03. The minimum absolute atomic E-state index is 0.0444. The lowest BCUT2D eigenvalue weighted by atomic mass is 10.2. The molecule has 1 aromatic carbocycles. The number of rotatable bonds is 3. The van der Waals surface area contributed by atoms with Gasteiger partial charge in [0.15, 0.2) is 6.61 Å². The number of nitrogens with zero attached hydrogens (tertiary/aromatic N) is 1. The Hall–Kier alpha value is -1.96. The molecule has 1 heterocycles. The first-order chi connectivity index (χ1) is 10.8. The number of nitrogens with one attached hydrogen (secondary N) is 1. The van der Waals surface area contributed by atoms with Gasteiger partial charge in [-0.1, -0.05) is 6.07 Å². The first-order valence-electron chi connectivity index (χ1n) is 7.23. The van der Waals surface area contributed by atoms with Crippen molar-refractivity contribution in [1.29, 1.82) is 0 Å².